The second-order valence-electron chi connectivity index (χ2n) is 4.22. The van der Waals surface area contributed by atoms with E-state index in [-0.39, 0.29) is 22.8 Å². The highest BCUT2D eigenvalue weighted by Crippen LogP contribution is 2.24. The second-order valence-corrected chi connectivity index (χ2v) is 4.22. The minimum absolute atomic E-state index is 0.0327. The molecule has 2 aromatic carbocycles. The maximum absolute atomic E-state index is 13.8. The molecule has 0 fully saturated rings. The van der Waals surface area contributed by atoms with E-state index in [1.807, 2.05) is 0 Å². The number of nitrogen functional groups attached to an aromatic ring is 1. The molecule has 0 atom stereocenters. The number of tetrazole rings is 1. The summed E-state index contributed by atoms with van der Waals surface area (Å²) in [5.74, 6) is -2.71. The van der Waals surface area contributed by atoms with Crippen LogP contribution in [0.15, 0.2) is 36.4 Å². The third-order valence-corrected chi connectivity index (χ3v) is 2.89. The van der Waals surface area contributed by atoms with E-state index in [0.29, 0.717) is 0 Å². The largest absolute Gasteiger partial charge is 0.396 e. The molecule has 0 aliphatic rings. The summed E-state index contributed by atoms with van der Waals surface area (Å²) in [6.07, 6.45) is 0. The predicted octanol–water partition coefficient (Wildman–Crippen LogP) is 2.33. The first-order valence-electron chi connectivity index (χ1n) is 5.86. The van der Waals surface area contributed by atoms with E-state index in [9.17, 15) is 13.2 Å². The molecule has 0 bridgehead atoms. The van der Waals surface area contributed by atoms with Crippen LogP contribution in [-0.2, 0) is 0 Å². The monoisotopic (exact) mass is 291 g/mol. The summed E-state index contributed by atoms with van der Waals surface area (Å²) in [4.78, 5) is 0. The second kappa shape index (κ2) is 4.89. The van der Waals surface area contributed by atoms with Crippen LogP contribution in [0.1, 0.15) is 0 Å². The maximum Gasteiger partial charge on any atom is 0.187 e. The smallest absolute Gasteiger partial charge is 0.187 e. The highest BCUT2D eigenvalue weighted by molar-refractivity contribution is 5.61. The van der Waals surface area contributed by atoms with Gasteiger partial charge in [0.25, 0.3) is 0 Å². The topological polar surface area (TPSA) is 69.6 Å². The molecule has 3 aromatic rings. The van der Waals surface area contributed by atoms with E-state index < -0.39 is 17.5 Å². The number of rotatable bonds is 2. The molecule has 106 valence electrons. The van der Waals surface area contributed by atoms with E-state index >= 15 is 0 Å². The van der Waals surface area contributed by atoms with Gasteiger partial charge in [0, 0.05) is 5.56 Å². The van der Waals surface area contributed by atoms with Gasteiger partial charge in [-0.2, -0.15) is 4.68 Å². The first-order chi connectivity index (χ1) is 10.1. The van der Waals surface area contributed by atoms with Crippen molar-refractivity contribution in [2.75, 3.05) is 5.73 Å². The zero-order valence-electron chi connectivity index (χ0n) is 10.5. The quantitative estimate of drug-likeness (QED) is 0.736. The van der Waals surface area contributed by atoms with Gasteiger partial charge in [-0.25, -0.2) is 13.2 Å². The molecule has 21 heavy (non-hydrogen) atoms. The van der Waals surface area contributed by atoms with E-state index in [1.165, 1.54) is 24.3 Å². The van der Waals surface area contributed by atoms with Crippen LogP contribution in [0.25, 0.3) is 17.1 Å². The van der Waals surface area contributed by atoms with Crippen molar-refractivity contribution in [1.82, 2.24) is 20.2 Å². The van der Waals surface area contributed by atoms with Gasteiger partial charge in [0.1, 0.15) is 11.5 Å². The lowest BCUT2D eigenvalue weighted by molar-refractivity contribution is 0.501. The van der Waals surface area contributed by atoms with Crippen LogP contribution in [-0.4, -0.2) is 20.2 Å². The molecular weight excluding hydrogens is 283 g/mol. The van der Waals surface area contributed by atoms with Crippen LogP contribution in [0, 0.1) is 17.5 Å². The number of nitrogens with two attached hydrogens (primary N) is 1. The van der Waals surface area contributed by atoms with Crippen LogP contribution in [0.4, 0.5) is 18.9 Å². The maximum atomic E-state index is 13.8. The summed E-state index contributed by atoms with van der Waals surface area (Å²) >= 11 is 0. The Morgan fingerprint density at radius 1 is 1.00 bits per heavy atom. The predicted molar refractivity (Wildman–Crippen MR) is 68.9 cm³/mol. The van der Waals surface area contributed by atoms with E-state index in [0.717, 1.165) is 16.8 Å². The molecule has 0 amide bonds. The number of halogens is 3. The fourth-order valence-corrected chi connectivity index (χ4v) is 1.85. The molecule has 8 heteroatoms. The van der Waals surface area contributed by atoms with Crippen LogP contribution in [0.2, 0.25) is 0 Å². The summed E-state index contributed by atoms with van der Waals surface area (Å²) in [6.45, 7) is 0. The Labute approximate surface area is 116 Å². The zero-order chi connectivity index (χ0) is 15.0. The van der Waals surface area contributed by atoms with Gasteiger partial charge < -0.3 is 5.73 Å². The molecular formula is C13H8F3N5. The third-order valence-electron chi connectivity index (χ3n) is 2.89. The normalized spacial score (nSPS) is 10.8. The van der Waals surface area contributed by atoms with Gasteiger partial charge in [0.15, 0.2) is 17.5 Å². The Bertz CT molecular complexity index is 815. The van der Waals surface area contributed by atoms with Crippen molar-refractivity contribution in [2.45, 2.75) is 0 Å². The number of nitrogens with zero attached hydrogens (tertiary/aromatic N) is 4. The number of benzene rings is 2. The molecule has 1 aromatic heterocycles. The lowest BCUT2D eigenvalue weighted by Crippen LogP contribution is -2.04. The Hall–Kier alpha value is -2.90. The van der Waals surface area contributed by atoms with Crippen molar-refractivity contribution in [2.24, 2.45) is 0 Å². The van der Waals surface area contributed by atoms with Crippen molar-refractivity contribution >= 4 is 5.69 Å². The van der Waals surface area contributed by atoms with Crippen molar-refractivity contribution in [3.8, 4) is 17.1 Å². The molecule has 3 rings (SSSR count). The number of hydrogen-bond donors (Lipinski definition) is 1. The SMILES string of the molecule is Nc1ccc(-c2nnnn2-c2cccc(F)c2F)cc1F. The van der Waals surface area contributed by atoms with Gasteiger partial charge in [-0.1, -0.05) is 6.07 Å². The summed E-state index contributed by atoms with van der Waals surface area (Å²) in [7, 11) is 0. The Morgan fingerprint density at radius 3 is 2.57 bits per heavy atom. The van der Waals surface area contributed by atoms with Gasteiger partial charge in [-0.15, -0.1) is 5.10 Å². The first kappa shape index (κ1) is 13.1. The molecule has 0 aliphatic heterocycles. The van der Waals surface area contributed by atoms with Gasteiger partial charge >= 0.3 is 0 Å². The average molecular weight is 291 g/mol. The minimum atomic E-state index is -1.10. The molecule has 0 radical (unpaired) electrons. The fraction of sp³-hybridized carbons (Fsp3) is 0. The lowest BCUT2D eigenvalue weighted by Gasteiger charge is -2.07. The first-order valence-corrected chi connectivity index (χ1v) is 5.86. The van der Waals surface area contributed by atoms with Gasteiger partial charge in [-0.05, 0) is 40.8 Å². The molecule has 1 heterocycles. The van der Waals surface area contributed by atoms with Crippen molar-refractivity contribution < 1.29 is 13.2 Å². The van der Waals surface area contributed by atoms with Gasteiger partial charge in [-0.3, -0.25) is 0 Å². The number of anilines is 1. The standard InChI is InChI=1S/C13H8F3N5/c14-8-2-1-3-11(12(8)16)21-13(18-19-20-21)7-4-5-10(17)9(15)6-7/h1-6H,17H2. The molecule has 2 N–H and O–H groups in total. The molecule has 0 saturated heterocycles. The highest BCUT2D eigenvalue weighted by atomic mass is 19.2. The molecule has 5 nitrogen and oxygen atoms in total. The summed E-state index contributed by atoms with van der Waals surface area (Å²) < 4.78 is 41.6. The summed E-state index contributed by atoms with van der Waals surface area (Å²) in [5, 5.41) is 10.7. The Balaban J connectivity index is 2.17. The molecule has 0 saturated carbocycles. The van der Waals surface area contributed by atoms with Crippen molar-refractivity contribution in [1.29, 1.82) is 0 Å². The molecule has 0 unspecified atom stereocenters. The lowest BCUT2D eigenvalue weighted by atomic mass is 10.2. The molecule has 0 aliphatic carbocycles. The van der Waals surface area contributed by atoms with Crippen LogP contribution in [0.3, 0.4) is 0 Å². The molecule has 0 spiro atoms. The van der Waals surface area contributed by atoms with E-state index in [2.05, 4.69) is 15.5 Å². The Kier molecular flexibility index (Phi) is 3.05. The van der Waals surface area contributed by atoms with Crippen LogP contribution in [0.5, 0.6) is 0 Å². The highest BCUT2D eigenvalue weighted by Gasteiger charge is 2.17. The zero-order valence-corrected chi connectivity index (χ0v) is 10.5. The minimum Gasteiger partial charge on any atom is -0.396 e. The summed E-state index contributed by atoms with van der Waals surface area (Å²) in [5.41, 5.74) is 5.47. The number of aromatic nitrogens is 4. The van der Waals surface area contributed by atoms with Gasteiger partial charge in [0.2, 0.25) is 0 Å². The summed E-state index contributed by atoms with van der Waals surface area (Å²) in [6, 6.07) is 7.55. The fourth-order valence-electron chi connectivity index (χ4n) is 1.85. The number of hydrogen-bond acceptors (Lipinski definition) is 4. The van der Waals surface area contributed by atoms with Gasteiger partial charge in [0.05, 0.1) is 5.69 Å². The Morgan fingerprint density at radius 2 is 1.81 bits per heavy atom. The third kappa shape index (κ3) is 2.20. The van der Waals surface area contributed by atoms with Crippen molar-refractivity contribution in [3.05, 3.63) is 53.8 Å². The van der Waals surface area contributed by atoms with Crippen molar-refractivity contribution in [3.63, 3.8) is 0 Å². The van der Waals surface area contributed by atoms with E-state index in [4.69, 9.17) is 5.73 Å². The van der Waals surface area contributed by atoms with E-state index in [1.54, 1.807) is 0 Å². The van der Waals surface area contributed by atoms with Crippen LogP contribution < -0.4 is 5.73 Å². The average Bonchev–Trinajstić information content (AvgIpc) is 2.94. The van der Waals surface area contributed by atoms with Crippen LogP contribution >= 0.6 is 0 Å².